The van der Waals surface area contributed by atoms with Crippen LogP contribution < -0.4 is 20.9 Å². The molecular formula is C107H89ClN6O. The van der Waals surface area contributed by atoms with Gasteiger partial charge in [-0.25, -0.2) is 0 Å². The quantitative estimate of drug-likeness (QED) is 0.0848. The van der Waals surface area contributed by atoms with Crippen molar-refractivity contribution in [2.45, 2.75) is 85.0 Å². The number of aryl methyl sites for hydroxylation is 1. The maximum Gasteiger partial charge on any atom is 0.159 e. The van der Waals surface area contributed by atoms with Gasteiger partial charge in [-0.05, 0) is 277 Å². The van der Waals surface area contributed by atoms with Crippen LogP contribution in [-0.2, 0) is 22.7 Å². The average molecular weight is 1510 g/mol. The van der Waals surface area contributed by atoms with Crippen molar-refractivity contribution >= 4 is 139 Å². The normalized spacial score (nSPS) is 12.1. The topological polar surface area (TPSA) is 62.3 Å². The number of aromatic nitrogens is 2. The van der Waals surface area contributed by atoms with Crippen LogP contribution in [0.25, 0.3) is 121 Å². The van der Waals surface area contributed by atoms with Crippen molar-refractivity contribution in [2.75, 3.05) is 20.9 Å². The molecular weight excluding hydrogens is 1420 g/mol. The van der Waals surface area contributed by atoms with Crippen LogP contribution in [0.1, 0.15) is 83.2 Å². The Balaban J connectivity index is 0.617. The van der Waals surface area contributed by atoms with Gasteiger partial charge in [-0.3, -0.25) is 0 Å². The zero-order valence-corrected chi connectivity index (χ0v) is 67.0. The van der Waals surface area contributed by atoms with Crippen molar-refractivity contribution in [1.82, 2.24) is 9.13 Å². The van der Waals surface area contributed by atoms with Crippen molar-refractivity contribution < 1.29 is 4.42 Å². The molecule has 0 saturated carbocycles. The number of anilines is 9. The smallest absolute Gasteiger partial charge is 0.159 e. The Kier molecular flexibility index (Phi) is 18.0. The van der Waals surface area contributed by atoms with E-state index in [4.69, 9.17) is 16.0 Å². The highest BCUT2D eigenvalue weighted by Crippen LogP contribution is 2.49. The Morgan fingerprint density at radius 2 is 0.765 bits per heavy atom. The molecule has 3 aromatic heterocycles. The molecule has 0 atom stereocenters. The Labute approximate surface area is 677 Å². The fraction of sp³-hybridized carbons (Fsp3) is 0.121. The third kappa shape index (κ3) is 13.8. The number of para-hydroxylation sites is 3. The summed E-state index contributed by atoms with van der Waals surface area (Å²) in [4.78, 5) is 2.38. The molecule has 0 fully saturated rings. The molecule has 0 saturated heterocycles. The van der Waals surface area contributed by atoms with Crippen LogP contribution in [-0.4, -0.2) is 9.13 Å². The van der Waals surface area contributed by atoms with Crippen LogP contribution in [0.2, 0.25) is 5.02 Å². The first-order valence-corrected chi connectivity index (χ1v) is 40.3. The van der Waals surface area contributed by atoms with Crippen molar-refractivity contribution in [3.63, 3.8) is 0 Å². The lowest BCUT2D eigenvalue weighted by Gasteiger charge is -2.26. The highest BCUT2D eigenvalue weighted by Gasteiger charge is 2.27. The number of hydrogen-bond acceptors (Lipinski definition) is 5. The number of nitrogens with zero attached hydrogens (tertiary/aromatic N) is 3. The van der Waals surface area contributed by atoms with Crippen molar-refractivity contribution in [1.29, 1.82) is 0 Å². The monoisotopic (exact) mass is 1510 g/mol. The van der Waals surface area contributed by atoms with E-state index in [9.17, 15) is 0 Å². The van der Waals surface area contributed by atoms with Gasteiger partial charge in [0.05, 0.1) is 27.8 Å². The van der Waals surface area contributed by atoms with Gasteiger partial charge < -0.3 is 34.4 Å². The van der Waals surface area contributed by atoms with Gasteiger partial charge in [0, 0.05) is 94.2 Å². The number of hydrogen-bond donors (Lipinski definition) is 3. The van der Waals surface area contributed by atoms with Crippen LogP contribution in [0.5, 0.6) is 0 Å². The summed E-state index contributed by atoms with van der Waals surface area (Å²) in [6.07, 6.45) is 0.804. The fourth-order valence-electron chi connectivity index (χ4n) is 17.2. The number of furan rings is 1. The van der Waals surface area contributed by atoms with Crippen LogP contribution in [0.4, 0.5) is 51.2 Å². The van der Waals surface area contributed by atoms with Crippen LogP contribution in [0.3, 0.4) is 0 Å². The van der Waals surface area contributed by atoms with E-state index in [1.165, 1.54) is 54.7 Å². The number of fused-ring (bicyclic) bond motifs is 12. The maximum absolute atomic E-state index is 7.23. The lowest BCUT2D eigenvalue weighted by molar-refractivity contribution is 0.522. The van der Waals surface area contributed by atoms with Crippen LogP contribution in [0, 0.1) is 6.92 Å². The zero-order chi connectivity index (χ0) is 78.4. The molecule has 8 heteroatoms. The highest BCUT2D eigenvalue weighted by molar-refractivity contribution is 6.33. The molecule has 115 heavy (non-hydrogen) atoms. The molecule has 16 aromatic carbocycles. The van der Waals surface area contributed by atoms with E-state index in [2.05, 4.69) is 432 Å². The molecule has 0 spiro atoms. The van der Waals surface area contributed by atoms with E-state index < -0.39 is 0 Å². The number of rotatable bonds is 17. The van der Waals surface area contributed by atoms with E-state index in [1.807, 2.05) is 6.07 Å². The van der Waals surface area contributed by atoms with Crippen molar-refractivity contribution in [3.8, 4) is 44.8 Å². The summed E-state index contributed by atoms with van der Waals surface area (Å²) in [6.45, 7) is 20.4. The van der Waals surface area contributed by atoms with Gasteiger partial charge in [0.15, 0.2) is 5.58 Å². The minimum absolute atomic E-state index is 0.0762. The first-order valence-electron chi connectivity index (χ1n) is 39.9. The standard InChI is InChI=1S/C107H89ClN6O/c1-68-21-16-32-88(57-68)112(89-49-52-95-100(66-89)114(87-30-14-11-15-31-87)97-56-54-91-92(103(95)97)53-55-96-102(91)94-51-42-79(108)65-99(94)113(96)86-28-12-10-13-29-86)98-34-20-33-93-90-50-35-69(58-101(90)115-104(93)98)67-107(8,9)78-40-47-82(48-41-78)111-85-27-19-24-72(64-85)75-60-73(70-22-17-25-83(62-70)109-80-43-36-76(37-44-80)105(2,3)4)59-74(61-75)71-23-18-26-84(63-71)110-81-45-38-77(39-46-81)106(5,6)7/h10-66,109-111H,67H2,1-9H3. The summed E-state index contributed by atoms with van der Waals surface area (Å²) < 4.78 is 12.0. The number of halogens is 1. The Morgan fingerprint density at radius 1 is 0.322 bits per heavy atom. The second-order valence-electron chi connectivity index (χ2n) is 33.7. The second-order valence-corrected chi connectivity index (χ2v) is 34.1. The third-order valence-electron chi connectivity index (χ3n) is 23.1. The average Bonchev–Trinajstić information content (AvgIpc) is 1.55. The molecule has 19 aromatic rings. The molecule has 0 unspecified atom stereocenters. The summed E-state index contributed by atoms with van der Waals surface area (Å²) >= 11 is 6.80. The van der Waals surface area contributed by atoms with Crippen molar-refractivity contribution in [2.24, 2.45) is 0 Å². The minimum atomic E-state index is -0.217. The Morgan fingerprint density at radius 3 is 1.26 bits per heavy atom. The molecule has 7 nitrogen and oxygen atoms in total. The molecule has 0 bridgehead atoms. The maximum atomic E-state index is 7.23. The van der Waals surface area contributed by atoms with E-state index in [1.54, 1.807) is 0 Å². The molecule has 0 aliphatic carbocycles. The minimum Gasteiger partial charge on any atom is -0.454 e. The van der Waals surface area contributed by atoms with Crippen LogP contribution in [0.15, 0.2) is 350 Å². The summed E-state index contributed by atoms with van der Waals surface area (Å²) in [6, 6.07) is 126. The largest absolute Gasteiger partial charge is 0.454 e. The molecule has 3 heterocycles. The number of nitrogens with one attached hydrogen (secondary N) is 3. The fourth-order valence-corrected chi connectivity index (χ4v) is 17.4. The van der Waals surface area contributed by atoms with Gasteiger partial charge in [0.2, 0.25) is 0 Å². The van der Waals surface area contributed by atoms with E-state index >= 15 is 0 Å². The number of benzene rings is 16. The molecule has 0 radical (unpaired) electrons. The van der Waals surface area contributed by atoms with Gasteiger partial charge >= 0.3 is 0 Å². The molecule has 19 rings (SSSR count). The third-order valence-corrected chi connectivity index (χ3v) is 23.4. The lowest BCUT2D eigenvalue weighted by Crippen LogP contribution is -2.20. The Hall–Kier alpha value is -13.3. The molecule has 0 aliphatic rings. The predicted molar refractivity (Wildman–Crippen MR) is 490 cm³/mol. The summed E-state index contributed by atoms with van der Waals surface area (Å²) in [5.41, 5.74) is 30.5. The summed E-state index contributed by atoms with van der Waals surface area (Å²) in [7, 11) is 0. The molecule has 0 aliphatic heterocycles. The molecule has 0 amide bonds. The van der Waals surface area contributed by atoms with Crippen molar-refractivity contribution in [3.05, 3.63) is 379 Å². The van der Waals surface area contributed by atoms with Gasteiger partial charge in [-0.2, -0.15) is 0 Å². The summed E-state index contributed by atoms with van der Waals surface area (Å²) in [5.74, 6) is 0. The Bertz CT molecular complexity index is 6830. The van der Waals surface area contributed by atoms with Gasteiger partial charge in [0.1, 0.15) is 5.58 Å². The van der Waals surface area contributed by atoms with E-state index in [0.29, 0.717) is 5.02 Å². The van der Waals surface area contributed by atoms with Gasteiger partial charge in [-0.15, -0.1) is 0 Å². The highest BCUT2D eigenvalue weighted by atomic mass is 35.5. The van der Waals surface area contributed by atoms with E-state index in [-0.39, 0.29) is 16.2 Å². The first kappa shape index (κ1) is 71.9. The van der Waals surface area contributed by atoms with Gasteiger partial charge in [-0.1, -0.05) is 237 Å². The zero-order valence-electron chi connectivity index (χ0n) is 66.2. The second kappa shape index (κ2) is 28.7. The summed E-state index contributed by atoms with van der Waals surface area (Å²) in [5, 5.41) is 21.2. The SMILES string of the molecule is Cc1cccc(N(c2ccc3c4c5ccc6c(c5ccc4n(-c4ccccc4)c3c2)c2ccc(Cl)cc2n6-c2ccccc2)c2cccc3c2oc2cc(CC(C)(C)c4ccc(Nc5cccc(-c6cc(-c7cccc(Nc8ccc(C(C)(C)C)cc8)c7)cc(-c7cccc(Nc8ccc(C(C)(C)C)cc8)c7)c6)c5)cc4)ccc23)c1. The first-order chi connectivity index (χ1) is 55.7. The molecule has 3 N–H and O–H groups in total. The van der Waals surface area contributed by atoms with Crippen LogP contribution >= 0.6 is 11.6 Å². The predicted octanol–water partition coefficient (Wildman–Crippen LogP) is 30.7. The van der Waals surface area contributed by atoms with E-state index in [0.717, 1.165) is 152 Å². The molecule has 560 valence electrons. The van der Waals surface area contributed by atoms with Gasteiger partial charge in [0.25, 0.3) is 0 Å². The lowest BCUT2D eigenvalue weighted by atomic mass is 9.79.